The number of amidine groups is 2. The van der Waals surface area contributed by atoms with E-state index in [-0.39, 0.29) is 5.84 Å². The van der Waals surface area contributed by atoms with Gasteiger partial charge >= 0.3 is 0 Å². The molecule has 4 rings (SSSR count). The molecule has 0 spiro atoms. The van der Waals surface area contributed by atoms with Gasteiger partial charge in [0.05, 0.1) is 17.0 Å². The Balaban J connectivity index is 1.76. The maximum absolute atomic E-state index is 8.05. The summed E-state index contributed by atoms with van der Waals surface area (Å²) in [7, 11) is 0. The summed E-state index contributed by atoms with van der Waals surface area (Å²) in [4.78, 5) is 4.80. The van der Waals surface area contributed by atoms with Gasteiger partial charge in [-0.2, -0.15) is 5.10 Å². The van der Waals surface area contributed by atoms with E-state index >= 15 is 0 Å². The second-order valence-electron chi connectivity index (χ2n) is 7.38. The van der Waals surface area contributed by atoms with Crippen LogP contribution in [0.25, 0.3) is 22.5 Å². The first-order valence-corrected chi connectivity index (χ1v) is 10.3. The maximum atomic E-state index is 8.05. The number of nitrogens with two attached hydrogens (primary N) is 4. The molecule has 0 atom stereocenters. The topological polar surface area (TPSA) is 174 Å². The summed E-state index contributed by atoms with van der Waals surface area (Å²) in [6.07, 6.45) is 0. The highest BCUT2D eigenvalue weighted by molar-refractivity contribution is 6.06. The van der Waals surface area contributed by atoms with Crippen molar-refractivity contribution in [1.82, 2.24) is 10.4 Å². The van der Waals surface area contributed by atoms with Crippen LogP contribution in [0.5, 0.6) is 11.5 Å². The van der Waals surface area contributed by atoms with Crippen LogP contribution in [0.15, 0.2) is 90.0 Å². The van der Waals surface area contributed by atoms with Gasteiger partial charge in [0.15, 0.2) is 5.84 Å². The Bertz CT molecular complexity index is 1350. The second-order valence-corrected chi connectivity index (χ2v) is 7.38. The van der Waals surface area contributed by atoms with Crippen molar-refractivity contribution in [2.75, 3.05) is 5.73 Å². The first-order chi connectivity index (χ1) is 16.5. The van der Waals surface area contributed by atoms with E-state index in [1.165, 1.54) is 0 Å². The molecule has 1 aromatic heterocycles. The molecule has 0 aliphatic carbocycles. The molecule has 0 fully saturated rings. The molecule has 0 aliphatic heterocycles. The quantitative estimate of drug-likeness (QED) is 0.113. The molecular weight excluding hydrogens is 428 g/mol. The van der Waals surface area contributed by atoms with Gasteiger partial charge in [0.2, 0.25) is 0 Å². The smallest absolute Gasteiger partial charge is 0.166 e. The van der Waals surface area contributed by atoms with Crippen molar-refractivity contribution in [1.29, 1.82) is 5.41 Å². The van der Waals surface area contributed by atoms with E-state index in [4.69, 9.17) is 38.3 Å². The summed E-state index contributed by atoms with van der Waals surface area (Å²) < 4.78 is 5.87. The molecule has 10 N–H and O–H groups in total. The number of anilines is 1. The van der Waals surface area contributed by atoms with Crippen molar-refractivity contribution in [3.63, 3.8) is 0 Å². The molecule has 0 aliphatic rings. The van der Waals surface area contributed by atoms with Crippen LogP contribution >= 0.6 is 0 Å². The molecule has 9 nitrogen and oxygen atoms in total. The fourth-order valence-corrected chi connectivity index (χ4v) is 3.53. The van der Waals surface area contributed by atoms with Crippen molar-refractivity contribution in [3.05, 3.63) is 96.1 Å². The standard InChI is InChI=1S/C25H24N8O/c26-20-14-21(16-5-4-6-17(13-16)25(32-29)33-30)31-23(22(20)24(27)28)15-9-11-19(12-10-15)34-18-7-2-1-3-8-18/h1-14H,29-30H2,(H2,26,31)(H3,27,28)(H,32,33). The summed E-state index contributed by atoms with van der Waals surface area (Å²) in [6.45, 7) is 0. The third-order valence-electron chi connectivity index (χ3n) is 5.12. The van der Waals surface area contributed by atoms with Gasteiger partial charge in [-0.25, -0.2) is 10.8 Å². The summed E-state index contributed by atoms with van der Waals surface area (Å²) in [6, 6.07) is 25.9. The molecule has 0 radical (unpaired) electrons. The van der Waals surface area contributed by atoms with Gasteiger partial charge in [-0.05, 0) is 48.5 Å². The second kappa shape index (κ2) is 9.72. The fourth-order valence-electron chi connectivity index (χ4n) is 3.53. The molecule has 3 aromatic carbocycles. The van der Waals surface area contributed by atoms with Crippen LogP contribution in [0.3, 0.4) is 0 Å². The van der Waals surface area contributed by atoms with E-state index in [2.05, 4.69) is 10.5 Å². The van der Waals surface area contributed by atoms with Crippen LogP contribution in [-0.4, -0.2) is 16.7 Å². The number of ether oxygens (including phenoxy) is 1. The minimum atomic E-state index is -0.171. The molecule has 0 amide bonds. The number of benzene rings is 3. The zero-order valence-corrected chi connectivity index (χ0v) is 18.2. The van der Waals surface area contributed by atoms with E-state index < -0.39 is 0 Å². The molecule has 34 heavy (non-hydrogen) atoms. The van der Waals surface area contributed by atoms with Crippen LogP contribution in [0.2, 0.25) is 0 Å². The highest BCUT2D eigenvalue weighted by atomic mass is 16.5. The zero-order chi connectivity index (χ0) is 24.1. The van der Waals surface area contributed by atoms with Crippen molar-refractivity contribution in [3.8, 4) is 34.0 Å². The largest absolute Gasteiger partial charge is 0.457 e. The molecule has 0 saturated carbocycles. The number of hydrogen-bond acceptors (Lipinski definition) is 7. The van der Waals surface area contributed by atoms with Crippen molar-refractivity contribution in [2.24, 2.45) is 22.5 Å². The normalized spacial score (nSPS) is 11.1. The number of hydrazine groups is 1. The van der Waals surface area contributed by atoms with Crippen molar-refractivity contribution < 1.29 is 4.74 Å². The maximum Gasteiger partial charge on any atom is 0.166 e. The van der Waals surface area contributed by atoms with Gasteiger partial charge in [-0.3, -0.25) is 5.41 Å². The van der Waals surface area contributed by atoms with E-state index in [1.807, 2.05) is 78.9 Å². The van der Waals surface area contributed by atoms with Crippen molar-refractivity contribution in [2.45, 2.75) is 0 Å². The Morgan fingerprint density at radius 3 is 2.24 bits per heavy atom. The lowest BCUT2D eigenvalue weighted by Crippen LogP contribution is -2.32. The number of nitrogen functional groups attached to an aromatic ring is 2. The van der Waals surface area contributed by atoms with Crippen LogP contribution in [0.1, 0.15) is 11.1 Å². The van der Waals surface area contributed by atoms with Gasteiger partial charge < -0.3 is 27.5 Å². The highest BCUT2D eigenvalue weighted by Gasteiger charge is 2.17. The van der Waals surface area contributed by atoms with Crippen molar-refractivity contribution >= 4 is 17.4 Å². The molecule has 1 heterocycles. The third kappa shape index (κ3) is 4.64. The number of nitrogens with one attached hydrogen (secondary N) is 2. The summed E-state index contributed by atoms with van der Waals surface area (Å²) in [5, 5.41) is 11.7. The number of pyridine rings is 1. The van der Waals surface area contributed by atoms with E-state index in [9.17, 15) is 0 Å². The predicted octanol–water partition coefficient (Wildman–Crippen LogP) is 3.16. The minimum Gasteiger partial charge on any atom is -0.457 e. The third-order valence-corrected chi connectivity index (χ3v) is 5.12. The van der Waals surface area contributed by atoms with Crippen LogP contribution in [0, 0.1) is 5.41 Å². The first kappa shape index (κ1) is 22.3. The molecule has 9 heteroatoms. The molecule has 0 saturated heterocycles. The fraction of sp³-hybridized carbons (Fsp3) is 0. The van der Waals surface area contributed by atoms with Gasteiger partial charge in [0.25, 0.3) is 0 Å². The zero-order valence-electron chi connectivity index (χ0n) is 18.2. The van der Waals surface area contributed by atoms with Gasteiger partial charge in [-0.15, -0.1) is 0 Å². The molecule has 4 aromatic rings. The SMILES string of the molecule is N=C(N)c1c(N)cc(-c2cccc(/C(=N/N)NN)c2)nc1-c1ccc(Oc2ccccc2)cc1. The van der Waals surface area contributed by atoms with Gasteiger partial charge in [0.1, 0.15) is 17.3 Å². The number of rotatable bonds is 6. The first-order valence-electron chi connectivity index (χ1n) is 10.3. The Kier molecular flexibility index (Phi) is 6.38. The minimum absolute atomic E-state index is 0.171. The molecular formula is C25H24N8O. The Morgan fingerprint density at radius 2 is 1.59 bits per heavy atom. The van der Waals surface area contributed by atoms with E-state index in [0.29, 0.717) is 39.8 Å². The number of nitrogens with zero attached hydrogens (tertiary/aromatic N) is 2. The Morgan fingerprint density at radius 1 is 0.882 bits per heavy atom. The van der Waals surface area contributed by atoms with Gasteiger partial charge in [0, 0.05) is 22.4 Å². The summed E-state index contributed by atoms with van der Waals surface area (Å²) >= 11 is 0. The number of para-hydroxylation sites is 1. The lowest BCUT2D eigenvalue weighted by Gasteiger charge is -2.15. The summed E-state index contributed by atoms with van der Waals surface area (Å²) in [5.74, 6) is 12.5. The van der Waals surface area contributed by atoms with E-state index in [1.54, 1.807) is 6.07 Å². The Hall–Kier alpha value is -4.89. The Labute approximate surface area is 196 Å². The number of hydrazone groups is 1. The molecule has 0 bridgehead atoms. The van der Waals surface area contributed by atoms with E-state index in [0.717, 1.165) is 16.9 Å². The molecule has 170 valence electrons. The average Bonchev–Trinajstić information content (AvgIpc) is 2.85. The lowest BCUT2D eigenvalue weighted by atomic mass is 10.00. The monoisotopic (exact) mass is 452 g/mol. The average molecular weight is 453 g/mol. The number of hydrogen-bond donors (Lipinski definition) is 6. The number of aromatic nitrogens is 1. The van der Waals surface area contributed by atoms with Crippen LogP contribution < -0.4 is 33.3 Å². The summed E-state index contributed by atoms with van der Waals surface area (Å²) in [5.41, 5.74) is 18.6. The van der Waals surface area contributed by atoms with Gasteiger partial charge in [-0.1, -0.05) is 36.4 Å². The predicted molar refractivity (Wildman–Crippen MR) is 135 cm³/mol. The highest BCUT2D eigenvalue weighted by Crippen LogP contribution is 2.32. The van der Waals surface area contributed by atoms with Crippen LogP contribution in [-0.2, 0) is 0 Å². The van der Waals surface area contributed by atoms with Crippen LogP contribution in [0.4, 0.5) is 5.69 Å². The lowest BCUT2D eigenvalue weighted by molar-refractivity contribution is 0.483. The molecule has 0 unspecified atom stereocenters.